The SMILES string of the molecule is O=C(C=Cc1nc2ccccc2o1)N1CCC[C@@H]1CO. The van der Waals surface area contributed by atoms with Crippen LogP contribution in [-0.2, 0) is 4.79 Å². The summed E-state index contributed by atoms with van der Waals surface area (Å²) in [6, 6.07) is 7.40. The number of carbonyl (C=O) groups is 1. The maximum atomic E-state index is 12.1. The van der Waals surface area contributed by atoms with Gasteiger partial charge in [0.2, 0.25) is 11.8 Å². The van der Waals surface area contributed by atoms with Crippen LogP contribution in [-0.4, -0.2) is 40.1 Å². The van der Waals surface area contributed by atoms with E-state index in [1.165, 1.54) is 6.08 Å². The van der Waals surface area contributed by atoms with Crippen molar-refractivity contribution in [3.05, 3.63) is 36.2 Å². The molecule has 5 nitrogen and oxygen atoms in total. The van der Waals surface area contributed by atoms with Crippen LogP contribution in [0.4, 0.5) is 0 Å². The molecule has 1 aliphatic rings. The Bertz CT molecular complexity index is 614. The Morgan fingerprint density at radius 3 is 3.15 bits per heavy atom. The van der Waals surface area contributed by atoms with Crippen molar-refractivity contribution in [1.29, 1.82) is 0 Å². The van der Waals surface area contributed by atoms with Gasteiger partial charge in [0.1, 0.15) is 5.52 Å². The molecule has 0 unspecified atom stereocenters. The molecule has 1 amide bonds. The minimum atomic E-state index is -0.108. The summed E-state index contributed by atoms with van der Waals surface area (Å²) in [4.78, 5) is 18.0. The van der Waals surface area contributed by atoms with Gasteiger partial charge >= 0.3 is 0 Å². The molecule has 0 spiro atoms. The van der Waals surface area contributed by atoms with E-state index in [0.717, 1.165) is 18.4 Å². The lowest BCUT2D eigenvalue weighted by atomic mass is 10.2. The molecule has 1 fully saturated rings. The minimum Gasteiger partial charge on any atom is -0.437 e. The Morgan fingerprint density at radius 1 is 1.50 bits per heavy atom. The summed E-state index contributed by atoms with van der Waals surface area (Å²) in [5, 5.41) is 9.22. The standard InChI is InChI=1S/C15H16N2O3/c18-10-11-4-3-9-17(11)15(19)8-7-14-16-12-5-1-2-6-13(12)20-14/h1-2,5-8,11,18H,3-4,9-10H2/t11-/m1/s1. The topological polar surface area (TPSA) is 66.6 Å². The number of nitrogens with zero attached hydrogens (tertiary/aromatic N) is 2. The molecule has 3 rings (SSSR count). The average Bonchev–Trinajstić information content (AvgIpc) is 3.10. The van der Waals surface area contributed by atoms with Crippen molar-refractivity contribution in [2.24, 2.45) is 0 Å². The highest BCUT2D eigenvalue weighted by Crippen LogP contribution is 2.18. The number of rotatable bonds is 3. The molecule has 1 N–H and O–H groups in total. The van der Waals surface area contributed by atoms with Gasteiger partial charge in [0.15, 0.2) is 5.58 Å². The molecule has 5 heteroatoms. The Morgan fingerprint density at radius 2 is 2.35 bits per heavy atom. The smallest absolute Gasteiger partial charge is 0.247 e. The number of aromatic nitrogens is 1. The van der Waals surface area contributed by atoms with Gasteiger partial charge in [-0.3, -0.25) is 4.79 Å². The van der Waals surface area contributed by atoms with Crippen molar-refractivity contribution in [2.75, 3.05) is 13.2 Å². The monoisotopic (exact) mass is 272 g/mol. The van der Waals surface area contributed by atoms with E-state index in [9.17, 15) is 9.90 Å². The van der Waals surface area contributed by atoms with E-state index in [-0.39, 0.29) is 18.6 Å². The van der Waals surface area contributed by atoms with Crippen molar-refractivity contribution in [2.45, 2.75) is 18.9 Å². The van der Waals surface area contributed by atoms with Crippen molar-refractivity contribution in [1.82, 2.24) is 9.88 Å². The van der Waals surface area contributed by atoms with Crippen LogP contribution in [0.5, 0.6) is 0 Å². The van der Waals surface area contributed by atoms with Gasteiger partial charge in [0.05, 0.1) is 12.6 Å². The van der Waals surface area contributed by atoms with Gasteiger partial charge in [0.25, 0.3) is 0 Å². The average molecular weight is 272 g/mol. The Kier molecular flexibility index (Phi) is 3.52. The zero-order chi connectivity index (χ0) is 13.9. The van der Waals surface area contributed by atoms with Gasteiger partial charge in [-0.1, -0.05) is 12.1 Å². The molecule has 1 aromatic carbocycles. The molecule has 0 aliphatic carbocycles. The number of hydrogen-bond acceptors (Lipinski definition) is 4. The zero-order valence-corrected chi connectivity index (χ0v) is 11.0. The third kappa shape index (κ3) is 2.44. The maximum absolute atomic E-state index is 12.1. The normalized spacial score (nSPS) is 19.2. The quantitative estimate of drug-likeness (QED) is 0.866. The van der Waals surface area contributed by atoms with Gasteiger partial charge in [-0.2, -0.15) is 0 Å². The fourth-order valence-electron chi connectivity index (χ4n) is 2.52. The third-order valence-electron chi connectivity index (χ3n) is 3.55. The van der Waals surface area contributed by atoms with Crippen molar-refractivity contribution < 1.29 is 14.3 Å². The number of para-hydroxylation sites is 2. The summed E-state index contributed by atoms with van der Waals surface area (Å²) >= 11 is 0. The second-order valence-corrected chi connectivity index (χ2v) is 4.86. The van der Waals surface area contributed by atoms with Crippen molar-refractivity contribution in [3.8, 4) is 0 Å². The van der Waals surface area contributed by atoms with Crippen LogP contribution >= 0.6 is 0 Å². The van der Waals surface area contributed by atoms with E-state index < -0.39 is 0 Å². The lowest BCUT2D eigenvalue weighted by molar-refractivity contribution is -0.127. The molecular formula is C15H16N2O3. The van der Waals surface area contributed by atoms with E-state index in [0.29, 0.717) is 18.0 Å². The third-order valence-corrected chi connectivity index (χ3v) is 3.55. The Hall–Kier alpha value is -2.14. The number of oxazole rings is 1. The predicted molar refractivity (Wildman–Crippen MR) is 74.9 cm³/mol. The van der Waals surface area contributed by atoms with Gasteiger partial charge in [0, 0.05) is 18.7 Å². The van der Waals surface area contributed by atoms with Crippen LogP contribution < -0.4 is 0 Å². The maximum Gasteiger partial charge on any atom is 0.247 e. The molecule has 20 heavy (non-hydrogen) atoms. The number of amides is 1. The predicted octanol–water partition coefficient (Wildman–Crippen LogP) is 1.82. The summed E-state index contributed by atoms with van der Waals surface area (Å²) < 4.78 is 5.52. The van der Waals surface area contributed by atoms with Crippen LogP contribution in [0.25, 0.3) is 17.2 Å². The lowest BCUT2D eigenvalue weighted by Gasteiger charge is -2.21. The molecule has 0 radical (unpaired) electrons. The molecule has 0 saturated carbocycles. The highest BCUT2D eigenvalue weighted by atomic mass is 16.3. The number of hydrogen-bond donors (Lipinski definition) is 1. The van der Waals surface area contributed by atoms with E-state index >= 15 is 0 Å². The molecular weight excluding hydrogens is 256 g/mol. The molecule has 1 aromatic heterocycles. The fraction of sp³-hybridized carbons (Fsp3) is 0.333. The minimum absolute atomic E-state index is 0.0163. The van der Waals surface area contributed by atoms with Crippen LogP contribution in [0.2, 0.25) is 0 Å². The molecule has 1 atom stereocenters. The highest BCUT2D eigenvalue weighted by molar-refractivity contribution is 5.92. The van der Waals surface area contributed by atoms with E-state index in [2.05, 4.69) is 4.98 Å². The van der Waals surface area contributed by atoms with Gasteiger partial charge in [-0.15, -0.1) is 0 Å². The summed E-state index contributed by atoms with van der Waals surface area (Å²) in [5.41, 5.74) is 1.48. The molecule has 2 heterocycles. The van der Waals surface area contributed by atoms with Crippen molar-refractivity contribution >= 4 is 23.1 Å². The number of likely N-dealkylation sites (tertiary alicyclic amines) is 1. The number of benzene rings is 1. The lowest BCUT2D eigenvalue weighted by Crippen LogP contribution is -2.36. The first-order chi connectivity index (χ1) is 9.78. The van der Waals surface area contributed by atoms with Crippen molar-refractivity contribution in [3.63, 3.8) is 0 Å². The summed E-state index contributed by atoms with van der Waals surface area (Å²) in [6.45, 7) is 0.713. The van der Waals surface area contributed by atoms with E-state index in [4.69, 9.17) is 4.42 Å². The number of fused-ring (bicyclic) bond motifs is 1. The highest BCUT2D eigenvalue weighted by Gasteiger charge is 2.26. The largest absolute Gasteiger partial charge is 0.437 e. The van der Waals surface area contributed by atoms with Crippen LogP contribution in [0.1, 0.15) is 18.7 Å². The first-order valence-corrected chi connectivity index (χ1v) is 6.73. The molecule has 0 bridgehead atoms. The van der Waals surface area contributed by atoms with Crippen LogP contribution in [0, 0.1) is 0 Å². The van der Waals surface area contributed by atoms with E-state index in [1.807, 2.05) is 24.3 Å². The number of aliphatic hydroxyl groups is 1. The number of aliphatic hydroxyl groups excluding tert-OH is 1. The molecule has 2 aromatic rings. The van der Waals surface area contributed by atoms with E-state index in [1.54, 1.807) is 11.0 Å². The summed E-state index contributed by atoms with van der Waals surface area (Å²) in [7, 11) is 0. The first kappa shape index (κ1) is 12.9. The Labute approximate surface area is 116 Å². The first-order valence-electron chi connectivity index (χ1n) is 6.73. The van der Waals surface area contributed by atoms with Gasteiger partial charge < -0.3 is 14.4 Å². The van der Waals surface area contributed by atoms with Crippen LogP contribution in [0.3, 0.4) is 0 Å². The molecule has 104 valence electrons. The second-order valence-electron chi connectivity index (χ2n) is 4.86. The Balaban J connectivity index is 1.74. The number of carbonyl (C=O) groups excluding carboxylic acids is 1. The molecule has 1 saturated heterocycles. The van der Waals surface area contributed by atoms with Crippen LogP contribution in [0.15, 0.2) is 34.8 Å². The molecule has 1 aliphatic heterocycles. The summed E-state index contributed by atoms with van der Waals surface area (Å²) in [6.07, 6.45) is 4.83. The zero-order valence-electron chi connectivity index (χ0n) is 11.0. The van der Waals surface area contributed by atoms with Gasteiger partial charge in [-0.25, -0.2) is 4.98 Å². The second kappa shape index (κ2) is 5.46. The summed E-state index contributed by atoms with van der Waals surface area (Å²) in [5.74, 6) is 0.308. The van der Waals surface area contributed by atoms with Gasteiger partial charge in [-0.05, 0) is 25.0 Å². The fourth-order valence-corrected chi connectivity index (χ4v) is 2.52.